The average molecular weight is 267 g/mol. The smallest absolute Gasteiger partial charge is 0.159 e. The van der Waals surface area contributed by atoms with Gasteiger partial charge in [-0.25, -0.2) is 9.97 Å². The fourth-order valence-corrected chi connectivity index (χ4v) is 3.19. The lowest BCUT2D eigenvalue weighted by atomic mass is 9.80. The summed E-state index contributed by atoms with van der Waals surface area (Å²) in [6, 6.07) is 10.2. The third-order valence-corrected chi connectivity index (χ3v) is 4.28. The predicted octanol–water partition coefficient (Wildman–Crippen LogP) is 1.90. The number of rotatable bonds is 1. The van der Waals surface area contributed by atoms with E-state index in [1.807, 2.05) is 24.4 Å². The first-order chi connectivity index (χ1) is 9.87. The third kappa shape index (κ3) is 1.84. The van der Waals surface area contributed by atoms with E-state index in [0.717, 1.165) is 43.1 Å². The van der Waals surface area contributed by atoms with Gasteiger partial charge in [-0.2, -0.15) is 0 Å². The van der Waals surface area contributed by atoms with Crippen molar-refractivity contribution in [1.82, 2.24) is 15.3 Å². The topological polar surface area (TPSA) is 47.0 Å². The molecule has 0 radical (unpaired) electrons. The summed E-state index contributed by atoms with van der Waals surface area (Å²) >= 11 is 0. The molecule has 3 heterocycles. The van der Waals surface area contributed by atoms with Crippen molar-refractivity contribution in [3.05, 3.63) is 47.8 Å². The molecule has 2 aliphatic rings. The second-order valence-corrected chi connectivity index (χ2v) is 5.63. The molecule has 1 atom stereocenters. The quantitative estimate of drug-likeness (QED) is 0.857. The van der Waals surface area contributed by atoms with Crippen LogP contribution in [0.1, 0.15) is 17.7 Å². The maximum atomic E-state index is 5.76. The minimum atomic E-state index is 0.0417. The zero-order valence-corrected chi connectivity index (χ0v) is 11.3. The molecule has 2 aromatic rings. The van der Waals surface area contributed by atoms with Gasteiger partial charge in [-0.05, 0) is 13.0 Å². The summed E-state index contributed by atoms with van der Waals surface area (Å²) in [5, 5.41) is 3.44. The van der Waals surface area contributed by atoms with E-state index in [4.69, 9.17) is 9.72 Å². The SMILES string of the molecule is c1ccc(-c2ncc3c(n2)[C@@]2(CCNC2)COC3)cc1. The van der Waals surface area contributed by atoms with Crippen molar-refractivity contribution in [1.29, 1.82) is 0 Å². The van der Waals surface area contributed by atoms with Crippen LogP contribution in [0, 0.1) is 0 Å². The van der Waals surface area contributed by atoms with E-state index in [1.54, 1.807) is 0 Å². The Morgan fingerprint density at radius 2 is 2.10 bits per heavy atom. The highest BCUT2D eigenvalue weighted by Gasteiger charge is 2.41. The van der Waals surface area contributed by atoms with E-state index in [9.17, 15) is 0 Å². The minimum absolute atomic E-state index is 0.0417. The molecule has 102 valence electrons. The molecule has 1 N–H and O–H groups in total. The lowest BCUT2D eigenvalue weighted by molar-refractivity contribution is 0.0551. The first-order valence-electron chi connectivity index (χ1n) is 7.08. The Hall–Kier alpha value is -1.78. The summed E-state index contributed by atoms with van der Waals surface area (Å²) in [6.45, 7) is 3.38. The molecule has 4 rings (SSSR count). The number of benzene rings is 1. The van der Waals surface area contributed by atoms with E-state index in [1.165, 1.54) is 5.69 Å². The Morgan fingerprint density at radius 3 is 2.90 bits per heavy atom. The van der Waals surface area contributed by atoms with Gasteiger partial charge in [-0.1, -0.05) is 30.3 Å². The molecule has 4 heteroatoms. The number of hydrogen-bond acceptors (Lipinski definition) is 4. The van der Waals surface area contributed by atoms with Crippen LogP contribution in [0.2, 0.25) is 0 Å². The van der Waals surface area contributed by atoms with Gasteiger partial charge in [0.05, 0.1) is 24.3 Å². The van der Waals surface area contributed by atoms with E-state index in [-0.39, 0.29) is 5.41 Å². The van der Waals surface area contributed by atoms with Crippen LogP contribution in [0.5, 0.6) is 0 Å². The Balaban J connectivity index is 1.83. The van der Waals surface area contributed by atoms with Gasteiger partial charge < -0.3 is 10.1 Å². The van der Waals surface area contributed by atoms with Crippen LogP contribution >= 0.6 is 0 Å². The Bertz CT molecular complexity index is 621. The largest absolute Gasteiger partial charge is 0.376 e. The van der Waals surface area contributed by atoms with Crippen molar-refractivity contribution in [2.75, 3.05) is 19.7 Å². The maximum absolute atomic E-state index is 5.76. The molecular weight excluding hydrogens is 250 g/mol. The van der Waals surface area contributed by atoms with E-state index in [2.05, 4.69) is 22.4 Å². The molecule has 1 saturated heterocycles. The molecule has 1 aromatic carbocycles. The van der Waals surface area contributed by atoms with Crippen molar-refractivity contribution >= 4 is 0 Å². The first-order valence-corrected chi connectivity index (χ1v) is 7.08. The van der Waals surface area contributed by atoms with Crippen LogP contribution in [0.3, 0.4) is 0 Å². The van der Waals surface area contributed by atoms with Crippen molar-refractivity contribution < 1.29 is 4.74 Å². The van der Waals surface area contributed by atoms with Crippen LogP contribution in [-0.2, 0) is 16.8 Å². The standard InChI is InChI=1S/C16H17N3O/c1-2-4-12(5-3-1)15-18-8-13-9-20-11-16(14(13)19-15)6-7-17-10-16/h1-5,8,17H,6-7,9-11H2/t16-/m1/s1. The predicted molar refractivity (Wildman–Crippen MR) is 76.3 cm³/mol. The van der Waals surface area contributed by atoms with Crippen LogP contribution in [0.15, 0.2) is 36.5 Å². The Kier molecular flexibility index (Phi) is 2.79. The summed E-state index contributed by atoms with van der Waals surface area (Å²) in [5.41, 5.74) is 3.44. The normalized spacial score (nSPS) is 24.8. The lowest BCUT2D eigenvalue weighted by Gasteiger charge is -2.33. The lowest BCUT2D eigenvalue weighted by Crippen LogP contribution is -2.39. The monoisotopic (exact) mass is 267 g/mol. The summed E-state index contributed by atoms with van der Waals surface area (Å²) < 4.78 is 5.76. The minimum Gasteiger partial charge on any atom is -0.376 e. The van der Waals surface area contributed by atoms with Crippen LogP contribution < -0.4 is 5.32 Å². The van der Waals surface area contributed by atoms with Gasteiger partial charge in [-0.3, -0.25) is 0 Å². The first kappa shape index (κ1) is 12.0. The van der Waals surface area contributed by atoms with Crippen molar-refractivity contribution in [3.8, 4) is 11.4 Å². The number of nitrogens with one attached hydrogen (secondary N) is 1. The van der Waals surface area contributed by atoms with Gasteiger partial charge in [0.1, 0.15) is 0 Å². The van der Waals surface area contributed by atoms with Gasteiger partial charge in [-0.15, -0.1) is 0 Å². The molecule has 4 nitrogen and oxygen atoms in total. The molecule has 1 fully saturated rings. The van der Waals surface area contributed by atoms with Crippen molar-refractivity contribution in [2.45, 2.75) is 18.4 Å². The van der Waals surface area contributed by atoms with Gasteiger partial charge in [0.15, 0.2) is 5.82 Å². The molecule has 0 saturated carbocycles. The Morgan fingerprint density at radius 1 is 1.20 bits per heavy atom. The van der Waals surface area contributed by atoms with Gasteiger partial charge >= 0.3 is 0 Å². The number of fused-ring (bicyclic) bond motifs is 2. The highest BCUT2D eigenvalue weighted by Crippen LogP contribution is 2.36. The maximum Gasteiger partial charge on any atom is 0.159 e. The van der Waals surface area contributed by atoms with Crippen LogP contribution in [0.4, 0.5) is 0 Å². The van der Waals surface area contributed by atoms with Gasteiger partial charge in [0.2, 0.25) is 0 Å². The molecular formula is C16H17N3O. The molecule has 0 bridgehead atoms. The number of nitrogens with zero attached hydrogens (tertiary/aromatic N) is 2. The summed E-state index contributed by atoms with van der Waals surface area (Å²) in [6.07, 6.45) is 3.02. The van der Waals surface area contributed by atoms with E-state index < -0.39 is 0 Å². The highest BCUT2D eigenvalue weighted by molar-refractivity contribution is 5.55. The number of hydrogen-bond donors (Lipinski definition) is 1. The zero-order chi connectivity index (χ0) is 13.4. The number of aromatic nitrogens is 2. The third-order valence-electron chi connectivity index (χ3n) is 4.28. The summed E-state index contributed by atoms with van der Waals surface area (Å²) in [7, 11) is 0. The average Bonchev–Trinajstić information content (AvgIpc) is 2.98. The van der Waals surface area contributed by atoms with E-state index >= 15 is 0 Å². The molecule has 20 heavy (non-hydrogen) atoms. The summed E-state index contributed by atoms with van der Waals surface area (Å²) in [4.78, 5) is 9.39. The van der Waals surface area contributed by atoms with Gasteiger partial charge in [0.25, 0.3) is 0 Å². The fourth-order valence-electron chi connectivity index (χ4n) is 3.19. The Labute approximate surface area is 118 Å². The molecule has 1 spiro atoms. The molecule has 1 aromatic heterocycles. The number of ether oxygens (including phenoxy) is 1. The second kappa shape index (κ2) is 4.65. The molecule has 0 unspecified atom stereocenters. The molecule has 0 aliphatic carbocycles. The molecule has 2 aliphatic heterocycles. The van der Waals surface area contributed by atoms with Crippen molar-refractivity contribution in [3.63, 3.8) is 0 Å². The van der Waals surface area contributed by atoms with Gasteiger partial charge in [0, 0.05) is 23.9 Å². The molecule has 0 amide bonds. The second-order valence-electron chi connectivity index (χ2n) is 5.63. The highest BCUT2D eigenvalue weighted by atomic mass is 16.5. The van der Waals surface area contributed by atoms with Crippen LogP contribution in [0.25, 0.3) is 11.4 Å². The fraction of sp³-hybridized carbons (Fsp3) is 0.375. The van der Waals surface area contributed by atoms with E-state index in [0.29, 0.717) is 6.61 Å². The van der Waals surface area contributed by atoms with Crippen LogP contribution in [-0.4, -0.2) is 29.7 Å². The summed E-state index contributed by atoms with van der Waals surface area (Å²) in [5.74, 6) is 0.817. The zero-order valence-electron chi connectivity index (χ0n) is 11.3. The van der Waals surface area contributed by atoms with Crippen molar-refractivity contribution in [2.24, 2.45) is 0 Å².